The molecule has 0 bridgehead atoms. The van der Waals surface area contributed by atoms with Gasteiger partial charge in [0.1, 0.15) is 0 Å². The van der Waals surface area contributed by atoms with Crippen LogP contribution in [0.4, 0.5) is 5.69 Å². The molecule has 18 heavy (non-hydrogen) atoms. The van der Waals surface area contributed by atoms with Crippen LogP contribution in [0, 0.1) is 0 Å². The molecule has 3 N–H and O–H groups in total. The summed E-state index contributed by atoms with van der Waals surface area (Å²) >= 11 is 5.97. The lowest BCUT2D eigenvalue weighted by atomic mass is 10.1. The van der Waals surface area contributed by atoms with E-state index in [1.54, 1.807) is 18.2 Å². The first-order chi connectivity index (χ1) is 8.68. The van der Waals surface area contributed by atoms with Gasteiger partial charge in [-0.25, -0.2) is 0 Å². The minimum absolute atomic E-state index is 0.103. The molecule has 1 heterocycles. The minimum atomic E-state index is -0.243. The number of hydrogen-bond donors (Lipinski definition) is 2. The van der Waals surface area contributed by atoms with E-state index < -0.39 is 0 Å². The maximum absolute atomic E-state index is 12.0. The minimum Gasteiger partial charge on any atom is -0.398 e. The van der Waals surface area contributed by atoms with Gasteiger partial charge in [-0.15, -0.1) is 0 Å². The van der Waals surface area contributed by atoms with E-state index in [0.717, 1.165) is 25.9 Å². The molecule has 2 rings (SSSR count). The summed E-state index contributed by atoms with van der Waals surface area (Å²) in [6, 6.07) is 5.04. The second kappa shape index (κ2) is 6.07. The zero-order chi connectivity index (χ0) is 13.0. The number of nitrogen functional groups attached to an aromatic ring is 1. The predicted molar refractivity (Wildman–Crippen MR) is 71.8 cm³/mol. The molecule has 0 saturated carbocycles. The van der Waals surface area contributed by atoms with E-state index in [2.05, 4.69) is 5.32 Å². The van der Waals surface area contributed by atoms with Crippen molar-refractivity contribution in [3.8, 4) is 0 Å². The molecule has 1 aliphatic heterocycles. The molecule has 4 nitrogen and oxygen atoms in total. The Morgan fingerprint density at radius 1 is 1.50 bits per heavy atom. The van der Waals surface area contributed by atoms with Crippen LogP contribution in [0.1, 0.15) is 29.6 Å². The van der Waals surface area contributed by atoms with Crippen molar-refractivity contribution in [3.05, 3.63) is 28.8 Å². The highest BCUT2D eigenvalue weighted by atomic mass is 35.5. The quantitative estimate of drug-likeness (QED) is 0.826. The summed E-state index contributed by atoms with van der Waals surface area (Å²) in [7, 11) is 0. The van der Waals surface area contributed by atoms with Crippen LogP contribution in [0.15, 0.2) is 18.2 Å². The van der Waals surface area contributed by atoms with Crippen LogP contribution in [0.5, 0.6) is 0 Å². The fraction of sp³-hybridized carbons (Fsp3) is 0.462. The van der Waals surface area contributed by atoms with Crippen molar-refractivity contribution in [1.82, 2.24) is 5.32 Å². The second-order valence-electron chi connectivity index (χ2n) is 4.40. The summed E-state index contributed by atoms with van der Waals surface area (Å²) < 4.78 is 5.55. The Morgan fingerprint density at radius 3 is 3.00 bits per heavy atom. The monoisotopic (exact) mass is 268 g/mol. The van der Waals surface area contributed by atoms with Gasteiger partial charge in [0.2, 0.25) is 0 Å². The van der Waals surface area contributed by atoms with Gasteiger partial charge in [0.15, 0.2) is 0 Å². The molecular formula is C13H17ClN2O2. The average molecular weight is 269 g/mol. The maximum Gasteiger partial charge on any atom is 0.254 e. The van der Waals surface area contributed by atoms with Gasteiger partial charge in [-0.1, -0.05) is 17.7 Å². The molecule has 1 fully saturated rings. The van der Waals surface area contributed by atoms with E-state index in [1.807, 2.05) is 0 Å². The van der Waals surface area contributed by atoms with Crippen LogP contribution in [0.2, 0.25) is 5.02 Å². The number of carbonyl (C=O) groups is 1. The first-order valence-electron chi connectivity index (χ1n) is 6.12. The summed E-state index contributed by atoms with van der Waals surface area (Å²) in [5.74, 6) is -0.243. The zero-order valence-electron chi connectivity index (χ0n) is 10.1. The number of benzene rings is 1. The molecule has 0 aromatic heterocycles. The Hall–Kier alpha value is -1.26. The molecule has 1 unspecified atom stereocenters. The SMILES string of the molecule is Nc1cccc(Cl)c1C(=O)NCC1CCCCO1. The van der Waals surface area contributed by atoms with Crippen molar-refractivity contribution in [2.75, 3.05) is 18.9 Å². The van der Waals surface area contributed by atoms with Gasteiger partial charge < -0.3 is 15.8 Å². The van der Waals surface area contributed by atoms with E-state index >= 15 is 0 Å². The molecule has 1 aliphatic rings. The fourth-order valence-corrected chi connectivity index (χ4v) is 2.31. The Balaban J connectivity index is 1.95. The topological polar surface area (TPSA) is 64.4 Å². The normalized spacial score (nSPS) is 19.5. The number of amides is 1. The third-order valence-corrected chi connectivity index (χ3v) is 3.35. The predicted octanol–water partition coefficient (Wildman–Crippen LogP) is 2.22. The van der Waals surface area contributed by atoms with Crippen molar-refractivity contribution >= 4 is 23.2 Å². The third-order valence-electron chi connectivity index (χ3n) is 3.04. The molecule has 1 saturated heterocycles. The van der Waals surface area contributed by atoms with Gasteiger partial charge in [0, 0.05) is 18.8 Å². The van der Waals surface area contributed by atoms with Gasteiger partial charge >= 0.3 is 0 Å². The molecule has 0 radical (unpaired) electrons. The number of nitrogens with two attached hydrogens (primary N) is 1. The van der Waals surface area contributed by atoms with Crippen molar-refractivity contribution in [2.24, 2.45) is 0 Å². The standard InChI is InChI=1S/C13H17ClN2O2/c14-10-5-3-6-11(15)12(10)13(17)16-8-9-4-1-2-7-18-9/h3,5-6,9H,1-2,4,7-8,15H2,(H,16,17). The Kier molecular flexibility index (Phi) is 4.44. The molecule has 98 valence electrons. The fourth-order valence-electron chi connectivity index (χ4n) is 2.04. The molecule has 1 amide bonds. The highest BCUT2D eigenvalue weighted by Gasteiger charge is 2.17. The highest BCUT2D eigenvalue weighted by Crippen LogP contribution is 2.21. The third kappa shape index (κ3) is 3.15. The smallest absolute Gasteiger partial charge is 0.254 e. The van der Waals surface area contributed by atoms with Crippen LogP contribution in [-0.4, -0.2) is 25.2 Å². The van der Waals surface area contributed by atoms with Gasteiger partial charge in [0.25, 0.3) is 5.91 Å². The van der Waals surface area contributed by atoms with Crippen molar-refractivity contribution in [1.29, 1.82) is 0 Å². The maximum atomic E-state index is 12.0. The lowest BCUT2D eigenvalue weighted by Crippen LogP contribution is -2.35. The van der Waals surface area contributed by atoms with Crippen LogP contribution < -0.4 is 11.1 Å². The van der Waals surface area contributed by atoms with Gasteiger partial charge in [-0.3, -0.25) is 4.79 Å². The summed E-state index contributed by atoms with van der Waals surface area (Å²) in [5.41, 5.74) is 6.49. The number of anilines is 1. The van der Waals surface area contributed by atoms with Gasteiger partial charge in [-0.05, 0) is 31.4 Å². The van der Waals surface area contributed by atoms with Gasteiger partial charge in [0.05, 0.1) is 16.7 Å². The Bertz CT molecular complexity index is 411. The van der Waals surface area contributed by atoms with Gasteiger partial charge in [-0.2, -0.15) is 0 Å². The van der Waals surface area contributed by atoms with Crippen LogP contribution in [-0.2, 0) is 4.74 Å². The van der Waals surface area contributed by atoms with Crippen LogP contribution in [0.3, 0.4) is 0 Å². The van der Waals surface area contributed by atoms with Crippen LogP contribution >= 0.6 is 11.6 Å². The molecule has 0 spiro atoms. The summed E-state index contributed by atoms with van der Waals surface area (Å²) in [6.07, 6.45) is 3.33. The molecular weight excluding hydrogens is 252 g/mol. The van der Waals surface area contributed by atoms with Crippen molar-refractivity contribution < 1.29 is 9.53 Å². The number of ether oxygens (including phenoxy) is 1. The van der Waals surface area contributed by atoms with E-state index in [-0.39, 0.29) is 12.0 Å². The highest BCUT2D eigenvalue weighted by molar-refractivity contribution is 6.34. The largest absolute Gasteiger partial charge is 0.398 e. The summed E-state index contributed by atoms with van der Waals surface area (Å²) in [4.78, 5) is 12.0. The number of nitrogens with one attached hydrogen (secondary N) is 1. The lowest BCUT2D eigenvalue weighted by molar-refractivity contribution is 0.0169. The Morgan fingerprint density at radius 2 is 2.33 bits per heavy atom. The average Bonchev–Trinajstić information content (AvgIpc) is 2.37. The molecule has 1 atom stereocenters. The second-order valence-corrected chi connectivity index (χ2v) is 4.81. The number of halogens is 1. The zero-order valence-corrected chi connectivity index (χ0v) is 10.9. The first-order valence-corrected chi connectivity index (χ1v) is 6.50. The van der Waals surface area contributed by atoms with E-state index in [9.17, 15) is 4.79 Å². The number of hydrogen-bond acceptors (Lipinski definition) is 3. The van der Waals surface area contributed by atoms with Crippen molar-refractivity contribution in [2.45, 2.75) is 25.4 Å². The van der Waals surface area contributed by atoms with E-state index in [1.165, 1.54) is 0 Å². The van der Waals surface area contributed by atoms with Crippen molar-refractivity contribution in [3.63, 3.8) is 0 Å². The van der Waals surface area contributed by atoms with Crippen LogP contribution in [0.25, 0.3) is 0 Å². The Labute approximate surface area is 111 Å². The molecule has 1 aromatic carbocycles. The number of rotatable bonds is 3. The summed E-state index contributed by atoms with van der Waals surface area (Å²) in [5, 5.41) is 3.19. The summed E-state index contributed by atoms with van der Waals surface area (Å²) in [6.45, 7) is 1.28. The molecule has 1 aromatic rings. The first kappa shape index (κ1) is 13.2. The number of carbonyl (C=O) groups excluding carboxylic acids is 1. The molecule has 5 heteroatoms. The van der Waals surface area contributed by atoms with E-state index in [0.29, 0.717) is 22.8 Å². The molecule has 0 aliphatic carbocycles. The van der Waals surface area contributed by atoms with E-state index in [4.69, 9.17) is 22.1 Å². The lowest BCUT2D eigenvalue weighted by Gasteiger charge is -2.22.